The minimum absolute atomic E-state index is 0.165. The maximum absolute atomic E-state index is 13.4. The van der Waals surface area contributed by atoms with Crippen molar-refractivity contribution in [1.29, 1.82) is 0 Å². The van der Waals surface area contributed by atoms with Crippen LogP contribution >= 0.6 is 11.6 Å². The summed E-state index contributed by atoms with van der Waals surface area (Å²) >= 11 is 6.11. The molecule has 3 aromatic heterocycles. The fourth-order valence-electron chi connectivity index (χ4n) is 4.29. The maximum atomic E-state index is 13.4. The molecule has 7 nitrogen and oxygen atoms in total. The van der Waals surface area contributed by atoms with Gasteiger partial charge in [0, 0.05) is 34.7 Å². The normalized spacial score (nSPS) is 17.2. The van der Waals surface area contributed by atoms with Gasteiger partial charge in [-0.25, -0.2) is 19.9 Å². The highest BCUT2D eigenvalue weighted by molar-refractivity contribution is 6.30. The van der Waals surface area contributed by atoms with E-state index in [9.17, 15) is 4.79 Å². The minimum Gasteiger partial charge on any atom is -0.309 e. The average molecular weight is 453 g/mol. The molecule has 0 saturated carbocycles. The third kappa shape index (κ3) is 3.01. The number of nitrogens with zero attached hydrogens (tertiary/aromatic N) is 5. The summed E-state index contributed by atoms with van der Waals surface area (Å²) in [5.41, 5.74) is 3.44. The minimum atomic E-state index is -0.981. The number of hydrogen-bond donors (Lipinski definition) is 1. The number of halogens is 1. The summed E-state index contributed by atoms with van der Waals surface area (Å²) < 4.78 is 1.86. The second kappa shape index (κ2) is 7.21. The first-order valence-corrected chi connectivity index (χ1v) is 10.8. The van der Waals surface area contributed by atoms with Crippen LogP contribution in [0.3, 0.4) is 0 Å². The standard InChI is InChI=1S/C25H17ClN6O/c1-25(16-7-9-17(26)10-8-16)20-21(15-5-3-2-4-6-15)29-22(30-23(20)31-24(25)33)18-14-32-12-11-27-19(32)13-28-18/h2-14H,1H3,(H,29,30,31,33). The Labute approximate surface area is 194 Å². The second-order valence-electron chi connectivity index (χ2n) is 8.04. The number of rotatable bonds is 3. The molecule has 0 radical (unpaired) electrons. The molecule has 1 aliphatic heterocycles. The van der Waals surface area contributed by atoms with Gasteiger partial charge >= 0.3 is 0 Å². The Morgan fingerprint density at radius 3 is 2.58 bits per heavy atom. The van der Waals surface area contributed by atoms with E-state index in [-0.39, 0.29) is 5.91 Å². The highest BCUT2D eigenvalue weighted by Crippen LogP contribution is 2.46. The molecule has 160 valence electrons. The predicted molar refractivity (Wildman–Crippen MR) is 126 cm³/mol. The molecule has 1 unspecified atom stereocenters. The van der Waals surface area contributed by atoms with Gasteiger partial charge in [0.15, 0.2) is 11.5 Å². The predicted octanol–water partition coefficient (Wildman–Crippen LogP) is 4.76. The van der Waals surface area contributed by atoms with Gasteiger partial charge in [0.05, 0.1) is 11.9 Å². The zero-order valence-electron chi connectivity index (χ0n) is 17.5. The smallest absolute Gasteiger partial charge is 0.240 e. The van der Waals surface area contributed by atoms with Crippen LogP contribution in [0.5, 0.6) is 0 Å². The van der Waals surface area contributed by atoms with Crippen LogP contribution in [0, 0.1) is 0 Å². The highest BCUT2D eigenvalue weighted by Gasteiger charge is 2.47. The Morgan fingerprint density at radius 2 is 1.79 bits per heavy atom. The Kier molecular flexibility index (Phi) is 4.28. The number of imidazole rings is 1. The number of nitrogens with one attached hydrogen (secondary N) is 1. The van der Waals surface area contributed by atoms with Crippen molar-refractivity contribution in [3.05, 3.63) is 95.5 Å². The molecule has 0 bridgehead atoms. The molecular weight excluding hydrogens is 436 g/mol. The van der Waals surface area contributed by atoms with Gasteiger partial charge in [-0.1, -0.05) is 54.1 Å². The zero-order valence-corrected chi connectivity index (χ0v) is 18.3. The lowest BCUT2D eigenvalue weighted by molar-refractivity contribution is -0.119. The van der Waals surface area contributed by atoms with Crippen molar-refractivity contribution in [3.63, 3.8) is 0 Å². The summed E-state index contributed by atoms with van der Waals surface area (Å²) in [7, 11) is 0. The summed E-state index contributed by atoms with van der Waals surface area (Å²) in [5, 5.41) is 3.59. The molecule has 6 rings (SSSR count). The molecular formula is C25H17ClN6O. The van der Waals surface area contributed by atoms with E-state index in [1.807, 2.05) is 66.2 Å². The van der Waals surface area contributed by atoms with E-state index in [2.05, 4.69) is 15.3 Å². The van der Waals surface area contributed by atoms with Crippen molar-refractivity contribution in [1.82, 2.24) is 24.3 Å². The van der Waals surface area contributed by atoms with Crippen molar-refractivity contribution < 1.29 is 4.79 Å². The fourth-order valence-corrected chi connectivity index (χ4v) is 4.42. The lowest BCUT2D eigenvalue weighted by Gasteiger charge is -2.24. The van der Waals surface area contributed by atoms with Crippen molar-refractivity contribution in [2.24, 2.45) is 0 Å². The summed E-state index contributed by atoms with van der Waals surface area (Å²) in [5.74, 6) is 0.735. The molecule has 0 fully saturated rings. The number of hydrogen-bond acceptors (Lipinski definition) is 5. The van der Waals surface area contributed by atoms with Crippen LogP contribution in [0.15, 0.2) is 79.4 Å². The first-order chi connectivity index (χ1) is 16.0. The van der Waals surface area contributed by atoms with Crippen molar-refractivity contribution in [2.75, 3.05) is 5.32 Å². The van der Waals surface area contributed by atoms with E-state index in [1.54, 1.807) is 24.5 Å². The molecule has 0 saturated heterocycles. The number of aromatic nitrogens is 5. The SMILES string of the molecule is CC1(c2ccc(Cl)cc2)C(=O)Nc2nc(-c3cn4ccnc4cn3)nc(-c3ccccc3)c21. The van der Waals surface area contributed by atoms with Gasteiger partial charge in [-0.05, 0) is 24.6 Å². The van der Waals surface area contributed by atoms with E-state index in [0.717, 1.165) is 22.3 Å². The van der Waals surface area contributed by atoms with Crippen LogP contribution in [0.2, 0.25) is 5.02 Å². The lowest BCUT2D eigenvalue weighted by atomic mass is 9.76. The zero-order chi connectivity index (χ0) is 22.6. The molecule has 1 aliphatic rings. The summed E-state index contributed by atoms with van der Waals surface area (Å²) in [4.78, 5) is 31.8. The van der Waals surface area contributed by atoms with Gasteiger partial charge in [-0.15, -0.1) is 0 Å². The third-order valence-electron chi connectivity index (χ3n) is 6.07. The van der Waals surface area contributed by atoms with Crippen molar-refractivity contribution in [2.45, 2.75) is 12.3 Å². The van der Waals surface area contributed by atoms with Crippen LogP contribution in [0.1, 0.15) is 18.1 Å². The average Bonchev–Trinajstić information content (AvgIpc) is 3.41. The van der Waals surface area contributed by atoms with Gasteiger partial charge in [-0.2, -0.15) is 0 Å². The molecule has 4 heterocycles. The first-order valence-electron chi connectivity index (χ1n) is 10.4. The van der Waals surface area contributed by atoms with E-state index in [4.69, 9.17) is 21.6 Å². The largest absolute Gasteiger partial charge is 0.309 e. The fraction of sp³-hybridized carbons (Fsp3) is 0.0800. The van der Waals surface area contributed by atoms with Gasteiger partial charge in [0.2, 0.25) is 5.91 Å². The Balaban J connectivity index is 1.62. The van der Waals surface area contributed by atoms with Gasteiger partial charge in [0.25, 0.3) is 0 Å². The lowest BCUT2D eigenvalue weighted by Crippen LogP contribution is -2.32. The summed E-state index contributed by atoms with van der Waals surface area (Å²) in [6.45, 7) is 1.89. The van der Waals surface area contributed by atoms with Gasteiger partial charge < -0.3 is 9.72 Å². The Morgan fingerprint density at radius 1 is 1.00 bits per heavy atom. The molecule has 1 N–H and O–H groups in total. The Bertz CT molecular complexity index is 1530. The monoisotopic (exact) mass is 452 g/mol. The highest BCUT2D eigenvalue weighted by atomic mass is 35.5. The molecule has 2 aromatic carbocycles. The number of carbonyl (C=O) groups excluding carboxylic acids is 1. The van der Waals surface area contributed by atoms with Crippen LogP contribution in [0.4, 0.5) is 5.82 Å². The molecule has 1 atom stereocenters. The molecule has 0 aliphatic carbocycles. The van der Waals surface area contributed by atoms with Crippen LogP contribution in [-0.2, 0) is 10.2 Å². The first kappa shape index (κ1) is 19.6. The molecule has 8 heteroatoms. The number of carbonyl (C=O) groups is 1. The van der Waals surface area contributed by atoms with Crippen LogP contribution in [0.25, 0.3) is 28.4 Å². The van der Waals surface area contributed by atoms with Crippen molar-refractivity contribution in [3.8, 4) is 22.8 Å². The topological polar surface area (TPSA) is 85.1 Å². The number of fused-ring (bicyclic) bond motifs is 2. The molecule has 33 heavy (non-hydrogen) atoms. The van der Waals surface area contributed by atoms with Crippen LogP contribution in [-0.4, -0.2) is 30.2 Å². The Hall–Kier alpha value is -4.10. The quantitative estimate of drug-likeness (QED) is 0.426. The second-order valence-corrected chi connectivity index (χ2v) is 8.47. The van der Waals surface area contributed by atoms with E-state index in [0.29, 0.717) is 28.1 Å². The molecule has 0 spiro atoms. The van der Waals surface area contributed by atoms with E-state index < -0.39 is 5.41 Å². The number of benzene rings is 2. The molecule has 5 aromatic rings. The van der Waals surface area contributed by atoms with Gasteiger partial charge in [0.1, 0.15) is 16.9 Å². The third-order valence-corrected chi connectivity index (χ3v) is 6.32. The summed E-state index contributed by atoms with van der Waals surface area (Å²) in [6, 6.07) is 17.1. The van der Waals surface area contributed by atoms with Crippen LogP contribution < -0.4 is 5.32 Å². The van der Waals surface area contributed by atoms with E-state index >= 15 is 0 Å². The molecule has 1 amide bonds. The van der Waals surface area contributed by atoms with Crippen molar-refractivity contribution >= 4 is 29.0 Å². The van der Waals surface area contributed by atoms with E-state index in [1.165, 1.54) is 0 Å². The number of amides is 1. The number of anilines is 1. The summed E-state index contributed by atoms with van der Waals surface area (Å²) in [6.07, 6.45) is 7.04. The van der Waals surface area contributed by atoms with Gasteiger partial charge in [-0.3, -0.25) is 4.79 Å². The maximum Gasteiger partial charge on any atom is 0.240 e.